The number of piperidine rings is 1. The van der Waals surface area contributed by atoms with Gasteiger partial charge in [0.2, 0.25) is 0 Å². The number of aromatic amines is 1. The fourth-order valence-electron chi connectivity index (χ4n) is 3.74. The molecule has 9 heteroatoms. The molecule has 1 aliphatic heterocycles. The Hall–Kier alpha value is -3.00. The largest absolute Gasteiger partial charge is 0.495 e. The molecule has 0 spiro atoms. The maximum atomic E-state index is 13.4. The molecule has 29 heavy (non-hydrogen) atoms. The van der Waals surface area contributed by atoms with Crippen molar-refractivity contribution in [1.29, 1.82) is 0 Å². The van der Waals surface area contributed by atoms with E-state index in [4.69, 9.17) is 16.3 Å². The first-order valence-corrected chi connectivity index (χ1v) is 9.63. The minimum absolute atomic E-state index is 0.0545. The third kappa shape index (κ3) is 3.80. The number of rotatable bonds is 3. The van der Waals surface area contributed by atoms with Crippen LogP contribution in [0.1, 0.15) is 18.9 Å². The van der Waals surface area contributed by atoms with Gasteiger partial charge in [-0.15, -0.1) is 0 Å². The fourth-order valence-corrected chi connectivity index (χ4v) is 4.00. The van der Waals surface area contributed by atoms with Crippen molar-refractivity contribution in [3.63, 3.8) is 0 Å². The van der Waals surface area contributed by atoms with Crippen molar-refractivity contribution in [2.45, 2.75) is 18.9 Å². The maximum Gasteiger partial charge on any atom is 0.326 e. The Morgan fingerprint density at radius 1 is 1.24 bits per heavy atom. The van der Waals surface area contributed by atoms with Crippen LogP contribution in [0.2, 0.25) is 5.02 Å². The zero-order valence-electron chi connectivity index (χ0n) is 15.7. The monoisotopic (exact) mass is 418 g/mol. The summed E-state index contributed by atoms with van der Waals surface area (Å²) in [5.41, 5.74) is 1.47. The van der Waals surface area contributed by atoms with Gasteiger partial charge in [-0.2, -0.15) is 0 Å². The SMILES string of the molecule is COc1ccc(NC(=O)N2CCC(n3c(=O)[nH]c4cc(F)ccc43)CC2)cc1Cl. The van der Waals surface area contributed by atoms with Gasteiger partial charge in [0.25, 0.3) is 0 Å². The summed E-state index contributed by atoms with van der Waals surface area (Å²) in [7, 11) is 1.53. The minimum Gasteiger partial charge on any atom is -0.495 e. The predicted octanol–water partition coefficient (Wildman–Crippen LogP) is 4.00. The average molecular weight is 419 g/mol. The summed E-state index contributed by atoms with van der Waals surface area (Å²) >= 11 is 6.10. The number of carbonyl (C=O) groups is 1. The minimum atomic E-state index is -0.393. The molecule has 0 atom stereocenters. The summed E-state index contributed by atoms with van der Waals surface area (Å²) in [6.07, 6.45) is 1.25. The number of H-pyrrole nitrogens is 1. The number of nitrogens with one attached hydrogen (secondary N) is 2. The van der Waals surface area contributed by atoms with E-state index in [1.165, 1.54) is 19.2 Å². The van der Waals surface area contributed by atoms with Gasteiger partial charge in [-0.1, -0.05) is 11.6 Å². The molecule has 7 nitrogen and oxygen atoms in total. The summed E-state index contributed by atoms with van der Waals surface area (Å²) < 4.78 is 20.2. The number of aromatic nitrogens is 2. The summed E-state index contributed by atoms with van der Waals surface area (Å²) in [6.45, 7) is 1.00. The highest BCUT2D eigenvalue weighted by atomic mass is 35.5. The molecule has 1 aromatic heterocycles. The number of carbonyl (C=O) groups excluding carboxylic acids is 1. The normalized spacial score (nSPS) is 14.9. The molecule has 3 aromatic rings. The number of halogens is 2. The highest BCUT2D eigenvalue weighted by molar-refractivity contribution is 6.32. The number of hydrogen-bond donors (Lipinski definition) is 2. The Bertz CT molecular complexity index is 1120. The van der Waals surface area contributed by atoms with Crippen molar-refractivity contribution in [3.05, 3.63) is 57.7 Å². The van der Waals surface area contributed by atoms with Gasteiger partial charge < -0.3 is 19.9 Å². The Morgan fingerprint density at radius 3 is 2.69 bits per heavy atom. The molecule has 0 saturated carbocycles. The van der Waals surface area contributed by atoms with Crippen LogP contribution in [0.5, 0.6) is 5.75 Å². The summed E-state index contributed by atoms with van der Waals surface area (Å²) in [4.78, 5) is 29.3. The Kier molecular flexibility index (Phi) is 5.19. The molecule has 2 amide bonds. The molecule has 0 radical (unpaired) electrons. The summed E-state index contributed by atoms with van der Waals surface area (Å²) in [5.74, 6) is 0.144. The number of anilines is 1. The Morgan fingerprint density at radius 2 is 2.00 bits per heavy atom. The number of likely N-dealkylation sites (tertiary alicyclic amines) is 1. The number of amides is 2. The number of nitrogens with zero attached hydrogens (tertiary/aromatic N) is 2. The van der Waals surface area contributed by atoms with Crippen LogP contribution in [0.15, 0.2) is 41.2 Å². The number of imidazole rings is 1. The van der Waals surface area contributed by atoms with Crippen molar-refractivity contribution < 1.29 is 13.9 Å². The molecule has 152 valence electrons. The molecular formula is C20H20ClFN4O3. The van der Waals surface area contributed by atoms with E-state index in [2.05, 4.69) is 10.3 Å². The van der Waals surface area contributed by atoms with Gasteiger partial charge in [-0.3, -0.25) is 4.57 Å². The van der Waals surface area contributed by atoms with Gasteiger partial charge in [-0.05, 0) is 49.2 Å². The quantitative estimate of drug-likeness (QED) is 0.674. The lowest BCUT2D eigenvalue weighted by Gasteiger charge is -2.32. The molecule has 1 aliphatic rings. The van der Waals surface area contributed by atoms with E-state index in [-0.39, 0.29) is 17.8 Å². The first-order valence-electron chi connectivity index (χ1n) is 9.25. The highest BCUT2D eigenvalue weighted by Crippen LogP contribution is 2.28. The number of hydrogen-bond acceptors (Lipinski definition) is 3. The van der Waals surface area contributed by atoms with Gasteiger partial charge in [0.05, 0.1) is 23.2 Å². The van der Waals surface area contributed by atoms with Crippen LogP contribution in [0.3, 0.4) is 0 Å². The molecule has 1 saturated heterocycles. The Labute approximate surface area is 171 Å². The van der Waals surface area contributed by atoms with Crippen LogP contribution in [-0.4, -0.2) is 40.7 Å². The Balaban J connectivity index is 1.43. The van der Waals surface area contributed by atoms with Gasteiger partial charge >= 0.3 is 11.7 Å². The fraction of sp³-hybridized carbons (Fsp3) is 0.300. The lowest BCUT2D eigenvalue weighted by atomic mass is 10.0. The second-order valence-corrected chi connectivity index (χ2v) is 7.37. The predicted molar refractivity (Wildman–Crippen MR) is 109 cm³/mol. The molecule has 2 N–H and O–H groups in total. The number of urea groups is 1. The van der Waals surface area contributed by atoms with Crippen molar-refractivity contribution >= 4 is 34.4 Å². The zero-order chi connectivity index (χ0) is 20.5. The topological polar surface area (TPSA) is 79.4 Å². The van der Waals surface area contributed by atoms with E-state index in [9.17, 15) is 14.0 Å². The molecule has 0 aliphatic carbocycles. The van der Waals surface area contributed by atoms with Gasteiger partial charge in [0, 0.05) is 24.8 Å². The molecule has 2 aromatic carbocycles. The third-order valence-corrected chi connectivity index (χ3v) is 5.49. The van der Waals surface area contributed by atoms with Gasteiger partial charge in [0.15, 0.2) is 0 Å². The van der Waals surface area contributed by atoms with E-state index in [0.29, 0.717) is 53.4 Å². The highest BCUT2D eigenvalue weighted by Gasteiger charge is 2.26. The van der Waals surface area contributed by atoms with E-state index in [1.807, 2.05) is 0 Å². The molecular weight excluding hydrogens is 399 g/mol. The van der Waals surface area contributed by atoms with E-state index < -0.39 is 5.82 Å². The van der Waals surface area contributed by atoms with Crippen LogP contribution in [-0.2, 0) is 0 Å². The number of ether oxygens (including phenoxy) is 1. The van der Waals surface area contributed by atoms with Crippen molar-refractivity contribution in [1.82, 2.24) is 14.5 Å². The van der Waals surface area contributed by atoms with Crippen molar-refractivity contribution in [3.8, 4) is 5.75 Å². The third-order valence-electron chi connectivity index (χ3n) is 5.20. The van der Waals surface area contributed by atoms with Crippen LogP contribution >= 0.6 is 11.6 Å². The number of fused-ring (bicyclic) bond motifs is 1. The molecule has 4 rings (SSSR count). The second kappa shape index (κ2) is 7.79. The van der Waals surface area contributed by atoms with Crippen LogP contribution in [0, 0.1) is 5.82 Å². The van der Waals surface area contributed by atoms with Crippen molar-refractivity contribution in [2.75, 3.05) is 25.5 Å². The molecule has 0 unspecified atom stereocenters. The molecule has 1 fully saturated rings. The lowest BCUT2D eigenvalue weighted by molar-refractivity contribution is 0.184. The summed E-state index contributed by atoms with van der Waals surface area (Å²) in [6, 6.07) is 9.03. The van der Waals surface area contributed by atoms with Crippen LogP contribution in [0.4, 0.5) is 14.9 Å². The lowest BCUT2D eigenvalue weighted by Crippen LogP contribution is -2.42. The maximum absolute atomic E-state index is 13.4. The van der Waals surface area contributed by atoms with Crippen LogP contribution in [0.25, 0.3) is 11.0 Å². The zero-order valence-corrected chi connectivity index (χ0v) is 16.5. The summed E-state index contributed by atoms with van der Waals surface area (Å²) in [5, 5.41) is 3.25. The first kappa shape index (κ1) is 19.3. The average Bonchev–Trinajstić information content (AvgIpc) is 3.03. The molecule has 0 bridgehead atoms. The molecule has 2 heterocycles. The van der Waals surface area contributed by atoms with Gasteiger partial charge in [0.1, 0.15) is 11.6 Å². The van der Waals surface area contributed by atoms with E-state index in [0.717, 1.165) is 0 Å². The van der Waals surface area contributed by atoms with E-state index >= 15 is 0 Å². The van der Waals surface area contributed by atoms with Crippen LogP contribution < -0.4 is 15.7 Å². The smallest absolute Gasteiger partial charge is 0.326 e. The first-order chi connectivity index (χ1) is 14.0. The number of benzene rings is 2. The van der Waals surface area contributed by atoms with Gasteiger partial charge in [-0.25, -0.2) is 14.0 Å². The standard InChI is InChI=1S/C20H20ClFN4O3/c1-29-18-5-3-13(11-15(18)21)23-19(27)25-8-6-14(7-9-25)26-17-4-2-12(22)10-16(17)24-20(26)28/h2-5,10-11,14H,6-9H2,1H3,(H,23,27)(H,24,28). The second-order valence-electron chi connectivity index (χ2n) is 6.96. The number of methoxy groups -OCH3 is 1. The van der Waals surface area contributed by atoms with Crippen molar-refractivity contribution in [2.24, 2.45) is 0 Å². The van der Waals surface area contributed by atoms with E-state index in [1.54, 1.807) is 33.7 Å².